The highest BCUT2D eigenvalue weighted by Gasteiger charge is 2.24. The van der Waals surface area contributed by atoms with Gasteiger partial charge >= 0.3 is 17.9 Å². The number of hydrogen-bond donors (Lipinski definition) is 7. The zero-order valence-corrected chi connectivity index (χ0v) is 31.1. The summed E-state index contributed by atoms with van der Waals surface area (Å²) in [6.07, 6.45) is 12.8. The van der Waals surface area contributed by atoms with E-state index in [1.807, 2.05) is 0 Å². The summed E-state index contributed by atoms with van der Waals surface area (Å²) in [5.41, 5.74) is 5.88. The SMILES string of the molecule is CC(=O)CN(C)C(=O)C(N)CCCCNC(=O)CCC(NC(=O)CCC(NC(=O)CCCCCCCCCCCCCCC(=O)O)C(=O)O)C(=O)O. The average Bonchev–Trinajstić information content (AvgIpc) is 3.07. The summed E-state index contributed by atoms with van der Waals surface area (Å²) in [7, 11) is 1.50. The number of ketones is 1. The molecule has 0 bridgehead atoms. The van der Waals surface area contributed by atoms with Crippen LogP contribution in [-0.2, 0) is 38.4 Å². The van der Waals surface area contributed by atoms with Crippen molar-refractivity contribution in [1.82, 2.24) is 20.9 Å². The van der Waals surface area contributed by atoms with Gasteiger partial charge in [0.2, 0.25) is 23.6 Å². The molecule has 3 atom stereocenters. The lowest BCUT2D eigenvalue weighted by Gasteiger charge is -2.20. The Morgan fingerprint density at radius 1 is 0.558 bits per heavy atom. The molecule has 0 aliphatic carbocycles. The van der Waals surface area contributed by atoms with Crippen LogP contribution in [0.15, 0.2) is 0 Å². The lowest BCUT2D eigenvalue weighted by molar-refractivity contribution is -0.143. The fourth-order valence-electron chi connectivity index (χ4n) is 5.55. The van der Waals surface area contributed by atoms with Gasteiger partial charge < -0.3 is 41.9 Å². The zero-order valence-electron chi connectivity index (χ0n) is 31.1. The summed E-state index contributed by atoms with van der Waals surface area (Å²) < 4.78 is 0. The van der Waals surface area contributed by atoms with Gasteiger partial charge in [0.05, 0.1) is 12.6 Å². The number of likely N-dealkylation sites (N-methyl/N-ethyl adjacent to an activating group) is 1. The van der Waals surface area contributed by atoms with Gasteiger partial charge in [-0.3, -0.25) is 28.8 Å². The largest absolute Gasteiger partial charge is 0.481 e. The third kappa shape index (κ3) is 26.7. The molecule has 0 radical (unpaired) electrons. The Bertz CT molecular complexity index is 1130. The first kappa shape index (κ1) is 47.9. The Labute approximate surface area is 307 Å². The summed E-state index contributed by atoms with van der Waals surface area (Å²) in [6.45, 7) is 1.63. The van der Waals surface area contributed by atoms with Crippen LogP contribution in [0.2, 0.25) is 0 Å². The summed E-state index contributed by atoms with van der Waals surface area (Å²) in [5.74, 6) is -5.47. The highest BCUT2D eigenvalue weighted by atomic mass is 16.4. The first-order chi connectivity index (χ1) is 24.6. The van der Waals surface area contributed by atoms with Crippen molar-refractivity contribution in [2.75, 3.05) is 20.1 Å². The van der Waals surface area contributed by atoms with Gasteiger partial charge in [-0.2, -0.15) is 0 Å². The second-order valence-electron chi connectivity index (χ2n) is 13.5. The number of nitrogens with one attached hydrogen (secondary N) is 3. The molecule has 0 heterocycles. The fourth-order valence-corrected chi connectivity index (χ4v) is 5.55. The minimum Gasteiger partial charge on any atom is -0.481 e. The van der Waals surface area contributed by atoms with E-state index in [1.54, 1.807) is 0 Å². The van der Waals surface area contributed by atoms with E-state index in [1.165, 1.54) is 18.9 Å². The maximum atomic E-state index is 12.4. The minimum absolute atomic E-state index is 0.0203. The highest BCUT2D eigenvalue weighted by molar-refractivity contribution is 5.87. The quantitative estimate of drug-likeness (QED) is 0.0479. The summed E-state index contributed by atoms with van der Waals surface area (Å²) in [4.78, 5) is 95.4. The Balaban J connectivity index is 4.21. The maximum absolute atomic E-state index is 12.4. The predicted molar refractivity (Wildman–Crippen MR) is 193 cm³/mol. The van der Waals surface area contributed by atoms with Crippen LogP contribution in [0.1, 0.15) is 142 Å². The van der Waals surface area contributed by atoms with Gasteiger partial charge in [0, 0.05) is 39.3 Å². The van der Waals surface area contributed by atoms with E-state index in [4.69, 9.17) is 10.8 Å². The first-order valence-electron chi connectivity index (χ1n) is 18.7. The van der Waals surface area contributed by atoms with Gasteiger partial charge in [-0.05, 0) is 51.9 Å². The molecule has 16 heteroatoms. The number of rotatable bonds is 33. The molecule has 16 nitrogen and oxygen atoms in total. The van der Waals surface area contributed by atoms with Crippen LogP contribution < -0.4 is 21.7 Å². The van der Waals surface area contributed by atoms with Crippen molar-refractivity contribution in [2.24, 2.45) is 5.73 Å². The number of nitrogens with two attached hydrogens (primary N) is 1. The van der Waals surface area contributed by atoms with Gasteiger partial charge in [-0.25, -0.2) is 9.59 Å². The predicted octanol–water partition coefficient (Wildman–Crippen LogP) is 2.89. The van der Waals surface area contributed by atoms with Crippen molar-refractivity contribution in [1.29, 1.82) is 0 Å². The minimum atomic E-state index is -1.37. The second-order valence-corrected chi connectivity index (χ2v) is 13.5. The summed E-state index contributed by atoms with van der Waals surface area (Å²) in [6, 6.07) is -3.44. The van der Waals surface area contributed by atoms with Gasteiger partial charge in [-0.15, -0.1) is 0 Å². The van der Waals surface area contributed by atoms with Crippen LogP contribution >= 0.6 is 0 Å². The summed E-state index contributed by atoms with van der Waals surface area (Å²) >= 11 is 0. The van der Waals surface area contributed by atoms with Crippen LogP contribution in [-0.4, -0.2) is 106 Å². The lowest BCUT2D eigenvalue weighted by Crippen LogP contribution is -2.44. The normalized spacial score (nSPS) is 12.6. The van der Waals surface area contributed by atoms with Gasteiger partial charge in [0.15, 0.2) is 0 Å². The number of carboxylic acid groups (broad SMARTS) is 3. The number of Topliss-reactive ketones (excluding diaryl/α,β-unsaturated/α-hetero) is 1. The standard InChI is InChI=1S/C36H63N5O11/c1-26(42)25-41(2)34(48)27(37)17-15-16-24-38-30(43)22-20-28(35(49)50)40-32(45)23-21-29(36(51)52)39-31(44)18-13-11-9-7-5-3-4-6-8-10-12-14-19-33(46)47/h27-29H,3-25,37H2,1-2H3,(H,38,43)(H,39,44)(H,40,45)(H,46,47)(H,49,50)(H,51,52). The van der Waals surface area contributed by atoms with Crippen LogP contribution in [0, 0.1) is 0 Å². The molecule has 52 heavy (non-hydrogen) atoms. The first-order valence-corrected chi connectivity index (χ1v) is 18.7. The molecule has 0 spiro atoms. The molecule has 0 aromatic rings. The molecule has 0 aromatic heterocycles. The Morgan fingerprint density at radius 3 is 1.42 bits per heavy atom. The van der Waals surface area contributed by atoms with Crippen molar-refractivity contribution >= 4 is 47.3 Å². The van der Waals surface area contributed by atoms with Crippen molar-refractivity contribution in [3.05, 3.63) is 0 Å². The van der Waals surface area contributed by atoms with Gasteiger partial charge in [0.1, 0.15) is 17.9 Å². The topological polar surface area (TPSA) is 263 Å². The monoisotopic (exact) mass is 741 g/mol. The number of carbonyl (C=O) groups is 8. The van der Waals surface area contributed by atoms with E-state index in [9.17, 15) is 48.6 Å². The number of carbonyl (C=O) groups excluding carboxylic acids is 5. The van der Waals surface area contributed by atoms with Crippen molar-refractivity contribution in [2.45, 2.75) is 160 Å². The average molecular weight is 742 g/mol. The van der Waals surface area contributed by atoms with E-state index in [0.717, 1.165) is 70.6 Å². The fraction of sp³-hybridized carbons (Fsp3) is 0.778. The number of amides is 4. The van der Waals surface area contributed by atoms with Crippen LogP contribution in [0.4, 0.5) is 0 Å². The third-order valence-corrected chi connectivity index (χ3v) is 8.55. The molecule has 8 N–H and O–H groups in total. The zero-order chi connectivity index (χ0) is 39.3. The number of aliphatic carboxylic acids is 3. The molecule has 0 rings (SSSR count). The molecule has 0 saturated heterocycles. The molecular formula is C36H63N5O11. The van der Waals surface area contributed by atoms with Gasteiger partial charge in [-0.1, -0.05) is 64.2 Å². The van der Waals surface area contributed by atoms with Crippen molar-refractivity contribution < 1.29 is 53.7 Å². The van der Waals surface area contributed by atoms with Crippen LogP contribution in [0.25, 0.3) is 0 Å². The molecular weight excluding hydrogens is 678 g/mol. The number of unbranched alkanes of at least 4 members (excludes halogenated alkanes) is 12. The van der Waals surface area contributed by atoms with E-state index < -0.39 is 53.8 Å². The molecule has 0 aromatic carbocycles. The second kappa shape index (κ2) is 29.5. The van der Waals surface area contributed by atoms with Crippen molar-refractivity contribution in [3.8, 4) is 0 Å². The molecule has 0 aliphatic heterocycles. The molecule has 298 valence electrons. The molecule has 4 amide bonds. The molecule has 3 unspecified atom stereocenters. The Morgan fingerprint density at radius 2 is 0.981 bits per heavy atom. The van der Waals surface area contributed by atoms with Crippen molar-refractivity contribution in [3.63, 3.8) is 0 Å². The smallest absolute Gasteiger partial charge is 0.326 e. The van der Waals surface area contributed by atoms with Gasteiger partial charge in [0.25, 0.3) is 0 Å². The molecule has 0 fully saturated rings. The van der Waals surface area contributed by atoms with Crippen LogP contribution in [0.5, 0.6) is 0 Å². The molecule has 0 aliphatic rings. The van der Waals surface area contributed by atoms with E-state index >= 15 is 0 Å². The van der Waals surface area contributed by atoms with E-state index in [0.29, 0.717) is 25.7 Å². The third-order valence-electron chi connectivity index (χ3n) is 8.55. The van der Waals surface area contributed by atoms with Crippen LogP contribution in [0.3, 0.4) is 0 Å². The lowest BCUT2D eigenvalue weighted by atomic mass is 10.0. The Kier molecular flexibility index (Phi) is 27.2. The van der Waals surface area contributed by atoms with E-state index in [-0.39, 0.29) is 63.3 Å². The number of hydrogen-bond acceptors (Lipinski definition) is 9. The molecule has 0 saturated carbocycles. The Hall–Kier alpha value is -4.08. The summed E-state index contributed by atoms with van der Waals surface area (Å²) in [5, 5.41) is 35.1. The maximum Gasteiger partial charge on any atom is 0.326 e. The highest BCUT2D eigenvalue weighted by Crippen LogP contribution is 2.13. The number of nitrogens with zero attached hydrogens (tertiary/aromatic N) is 1. The number of carboxylic acids is 3. The van der Waals surface area contributed by atoms with E-state index in [2.05, 4.69) is 16.0 Å².